The smallest absolute Gasteiger partial charge is 0.165 e. The Bertz CT molecular complexity index is 528. The van der Waals surface area contributed by atoms with E-state index in [-0.39, 0.29) is 18.2 Å². The van der Waals surface area contributed by atoms with Gasteiger partial charge in [-0.25, -0.2) is 4.39 Å². The molecule has 0 atom stereocenters. The van der Waals surface area contributed by atoms with E-state index in [2.05, 4.69) is 17.2 Å². The van der Waals surface area contributed by atoms with E-state index in [1.165, 1.54) is 6.07 Å². The molecule has 0 aliphatic carbocycles. The third-order valence-electron chi connectivity index (χ3n) is 2.85. The Morgan fingerprint density at radius 3 is 2.75 bits per heavy atom. The molecule has 0 unspecified atom stereocenters. The van der Waals surface area contributed by atoms with Crippen molar-refractivity contribution in [3.8, 4) is 5.75 Å². The molecule has 0 saturated heterocycles. The van der Waals surface area contributed by atoms with E-state index in [9.17, 15) is 4.39 Å². The molecule has 2 aromatic rings. The number of ether oxygens (including phenoxy) is 1. The molecule has 1 aromatic carbocycles. The maximum absolute atomic E-state index is 13.4. The van der Waals surface area contributed by atoms with Gasteiger partial charge < -0.3 is 10.1 Å². The Balaban J connectivity index is 1.86. The van der Waals surface area contributed by atoms with Crippen molar-refractivity contribution >= 4 is 0 Å². The second kappa shape index (κ2) is 7.60. The van der Waals surface area contributed by atoms with Crippen molar-refractivity contribution in [3.63, 3.8) is 0 Å². The Morgan fingerprint density at radius 1 is 1.20 bits per heavy atom. The molecule has 2 rings (SSSR count). The average Bonchev–Trinajstić information content (AvgIpc) is 2.48. The van der Waals surface area contributed by atoms with Gasteiger partial charge in [-0.05, 0) is 36.7 Å². The Morgan fingerprint density at radius 2 is 2.05 bits per heavy atom. The largest absolute Gasteiger partial charge is 0.484 e. The lowest BCUT2D eigenvalue weighted by Crippen LogP contribution is -2.14. The molecule has 0 radical (unpaired) electrons. The molecule has 20 heavy (non-hydrogen) atoms. The van der Waals surface area contributed by atoms with Crippen LogP contribution in [0, 0.1) is 5.82 Å². The monoisotopic (exact) mass is 274 g/mol. The molecular formula is C16H19FN2O. The number of nitrogens with zero attached hydrogens (tertiary/aromatic N) is 1. The van der Waals surface area contributed by atoms with E-state index >= 15 is 0 Å². The molecule has 4 heteroatoms. The van der Waals surface area contributed by atoms with Gasteiger partial charge in [0.05, 0.1) is 5.69 Å². The topological polar surface area (TPSA) is 34.1 Å². The van der Waals surface area contributed by atoms with Crippen LogP contribution >= 0.6 is 0 Å². The number of hydrogen-bond donors (Lipinski definition) is 1. The highest BCUT2D eigenvalue weighted by molar-refractivity contribution is 5.24. The first-order valence-corrected chi connectivity index (χ1v) is 6.81. The predicted molar refractivity (Wildman–Crippen MR) is 77.0 cm³/mol. The minimum Gasteiger partial charge on any atom is -0.484 e. The van der Waals surface area contributed by atoms with Gasteiger partial charge >= 0.3 is 0 Å². The SMILES string of the molecule is CCCNCc1ccc(COc2ccccc2F)nc1. The summed E-state index contributed by atoms with van der Waals surface area (Å²) in [6.45, 7) is 4.21. The molecule has 0 saturated carbocycles. The molecule has 1 aromatic heterocycles. The highest BCUT2D eigenvalue weighted by Crippen LogP contribution is 2.16. The van der Waals surface area contributed by atoms with Gasteiger partial charge in [0.1, 0.15) is 6.61 Å². The number of rotatable bonds is 7. The number of hydrogen-bond acceptors (Lipinski definition) is 3. The Hall–Kier alpha value is -1.94. The van der Waals surface area contributed by atoms with E-state index in [1.807, 2.05) is 18.3 Å². The van der Waals surface area contributed by atoms with Crippen LogP contribution in [-0.2, 0) is 13.2 Å². The van der Waals surface area contributed by atoms with Gasteiger partial charge in [-0.2, -0.15) is 0 Å². The summed E-state index contributed by atoms with van der Waals surface area (Å²) in [6, 6.07) is 10.3. The molecule has 0 bridgehead atoms. The molecule has 106 valence electrons. The van der Waals surface area contributed by atoms with Crippen molar-refractivity contribution in [3.05, 3.63) is 59.7 Å². The highest BCUT2D eigenvalue weighted by Gasteiger charge is 2.02. The fourth-order valence-corrected chi connectivity index (χ4v) is 1.77. The third-order valence-corrected chi connectivity index (χ3v) is 2.85. The summed E-state index contributed by atoms with van der Waals surface area (Å²) in [5.74, 6) is -0.101. The first kappa shape index (κ1) is 14.5. The van der Waals surface area contributed by atoms with Crippen molar-refractivity contribution in [1.82, 2.24) is 10.3 Å². The van der Waals surface area contributed by atoms with Crippen LogP contribution in [0.2, 0.25) is 0 Å². The Kier molecular flexibility index (Phi) is 5.50. The van der Waals surface area contributed by atoms with Crippen LogP contribution < -0.4 is 10.1 Å². The minimum absolute atomic E-state index is 0.253. The molecule has 0 spiro atoms. The van der Waals surface area contributed by atoms with Crippen LogP contribution in [0.25, 0.3) is 0 Å². The van der Waals surface area contributed by atoms with Crippen molar-refractivity contribution in [2.75, 3.05) is 6.54 Å². The van der Waals surface area contributed by atoms with E-state index in [0.717, 1.165) is 30.8 Å². The summed E-state index contributed by atoms with van der Waals surface area (Å²) in [5, 5.41) is 3.32. The standard InChI is InChI=1S/C16H19FN2O/c1-2-9-18-10-13-7-8-14(19-11-13)12-20-16-6-4-3-5-15(16)17/h3-8,11,18H,2,9-10,12H2,1H3. The average molecular weight is 274 g/mol. The van der Waals surface area contributed by atoms with Crippen molar-refractivity contribution in [2.24, 2.45) is 0 Å². The van der Waals surface area contributed by atoms with Crippen molar-refractivity contribution < 1.29 is 9.13 Å². The molecule has 0 fully saturated rings. The molecule has 1 N–H and O–H groups in total. The Labute approximate surface area is 118 Å². The second-order valence-electron chi connectivity index (χ2n) is 4.55. The maximum Gasteiger partial charge on any atom is 0.165 e. The molecule has 3 nitrogen and oxygen atoms in total. The van der Waals surface area contributed by atoms with Crippen LogP contribution in [0.5, 0.6) is 5.75 Å². The van der Waals surface area contributed by atoms with Crippen LogP contribution in [0.3, 0.4) is 0 Å². The van der Waals surface area contributed by atoms with E-state index < -0.39 is 0 Å². The third kappa shape index (κ3) is 4.31. The number of pyridine rings is 1. The summed E-state index contributed by atoms with van der Waals surface area (Å²) >= 11 is 0. The molecule has 0 amide bonds. The van der Waals surface area contributed by atoms with Crippen LogP contribution in [0.15, 0.2) is 42.6 Å². The number of benzene rings is 1. The van der Waals surface area contributed by atoms with Crippen molar-refractivity contribution in [2.45, 2.75) is 26.5 Å². The van der Waals surface area contributed by atoms with Gasteiger partial charge in [-0.15, -0.1) is 0 Å². The van der Waals surface area contributed by atoms with Crippen LogP contribution in [-0.4, -0.2) is 11.5 Å². The zero-order valence-corrected chi connectivity index (χ0v) is 11.6. The quantitative estimate of drug-likeness (QED) is 0.787. The van der Waals surface area contributed by atoms with Gasteiger partial charge in [-0.1, -0.05) is 25.1 Å². The summed E-state index contributed by atoms with van der Waals surface area (Å²) in [5.41, 5.74) is 1.92. The number of aromatic nitrogens is 1. The second-order valence-corrected chi connectivity index (χ2v) is 4.55. The molecule has 0 aliphatic rings. The lowest BCUT2D eigenvalue weighted by molar-refractivity contribution is 0.286. The zero-order chi connectivity index (χ0) is 14.2. The fourth-order valence-electron chi connectivity index (χ4n) is 1.77. The first-order valence-electron chi connectivity index (χ1n) is 6.81. The van der Waals surface area contributed by atoms with Crippen LogP contribution in [0.4, 0.5) is 4.39 Å². The predicted octanol–water partition coefficient (Wildman–Crippen LogP) is 3.30. The lowest BCUT2D eigenvalue weighted by atomic mass is 10.2. The molecule has 0 aliphatic heterocycles. The van der Waals surface area contributed by atoms with E-state index in [4.69, 9.17) is 4.74 Å². The highest BCUT2D eigenvalue weighted by atomic mass is 19.1. The first-order chi connectivity index (χ1) is 9.79. The summed E-state index contributed by atoms with van der Waals surface area (Å²) in [7, 11) is 0. The zero-order valence-electron chi connectivity index (χ0n) is 11.6. The lowest BCUT2D eigenvalue weighted by Gasteiger charge is -2.07. The molecule has 1 heterocycles. The normalized spacial score (nSPS) is 10.5. The van der Waals surface area contributed by atoms with Gasteiger partial charge in [-0.3, -0.25) is 4.98 Å². The summed E-state index contributed by atoms with van der Waals surface area (Å²) in [4.78, 5) is 4.31. The van der Waals surface area contributed by atoms with Gasteiger partial charge in [0.25, 0.3) is 0 Å². The number of nitrogens with one attached hydrogen (secondary N) is 1. The van der Waals surface area contributed by atoms with Crippen molar-refractivity contribution in [1.29, 1.82) is 0 Å². The minimum atomic E-state index is -0.354. The number of halogens is 1. The summed E-state index contributed by atoms with van der Waals surface area (Å²) < 4.78 is 18.8. The number of para-hydroxylation sites is 1. The summed E-state index contributed by atoms with van der Waals surface area (Å²) in [6.07, 6.45) is 2.94. The van der Waals surface area contributed by atoms with E-state index in [1.54, 1.807) is 18.2 Å². The van der Waals surface area contributed by atoms with Gasteiger partial charge in [0.2, 0.25) is 0 Å². The maximum atomic E-state index is 13.4. The van der Waals surface area contributed by atoms with Gasteiger partial charge in [0, 0.05) is 12.7 Å². The van der Waals surface area contributed by atoms with Gasteiger partial charge in [0.15, 0.2) is 11.6 Å². The fraction of sp³-hybridized carbons (Fsp3) is 0.312. The molecular weight excluding hydrogens is 255 g/mol. The van der Waals surface area contributed by atoms with Crippen LogP contribution in [0.1, 0.15) is 24.6 Å². The van der Waals surface area contributed by atoms with E-state index in [0.29, 0.717) is 0 Å².